The molecule has 1 aliphatic heterocycles. The van der Waals surface area contributed by atoms with Crippen LogP contribution in [0.1, 0.15) is 23.9 Å². The summed E-state index contributed by atoms with van der Waals surface area (Å²) in [5.41, 5.74) is 3.58. The summed E-state index contributed by atoms with van der Waals surface area (Å²) in [6, 6.07) is 9.55. The van der Waals surface area contributed by atoms with Crippen molar-refractivity contribution >= 4 is 12.0 Å². The molecule has 0 saturated heterocycles. The number of nitrogens with zero attached hydrogens (tertiary/aromatic N) is 2. The third-order valence-electron chi connectivity index (χ3n) is 4.00. The maximum Gasteiger partial charge on any atom is 0.348 e. The van der Waals surface area contributed by atoms with E-state index < -0.39 is 5.97 Å². The van der Waals surface area contributed by atoms with Crippen LogP contribution < -0.4 is 9.47 Å². The van der Waals surface area contributed by atoms with Crippen molar-refractivity contribution < 1.29 is 19.0 Å². The summed E-state index contributed by atoms with van der Waals surface area (Å²) in [4.78, 5) is 11.8. The number of rotatable bonds is 4. The SMILES string of the molecule is CCOC(=O)/C(C#N)=C/c1cc(C)n(-c2ccc3c(c2)OCO3)c1C. The summed E-state index contributed by atoms with van der Waals surface area (Å²) in [7, 11) is 0. The Hall–Kier alpha value is -3.20. The molecule has 0 atom stereocenters. The molecular weight excluding hydrogens is 320 g/mol. The van der Waals surface area contributed by atoms with Crippen molar-refractivity contribution in [3.05, 3.63) is 46.8 Å². The van der Waals surface area contributed by atoms with E-state index in [2.05, 4.69) is 0 Å². The lowest BCUT2D eigenvalue weighted by atomic mass is 10.1. The van der Waals surface area contributed by atoms with Gasteiger partial charge in [0.25, 0.3) is 0 Å². The molecule has 1 aliphatic rings. The summed E-state index contributed by atoms with van der Waals surface area (Å²) < 4.78 is 17.7. The quantitative estimate of drug-likeness (QED) is 0.486. The number of fused-ring (bicyclic) bond motifs is 1. The Morgan fingerprint density at radius 2 is 2.08 bits per heavy atom. The van der Waals surface area contributed by atoms with Crippen LogP contribution in [0.3, 0.4) is 0 Å². The molecule has 0 saturated carbocycles. The fourth-order valence-corrected chi connectivity index (χ4v) is 2.86. The van der Waals surface area contributed by atoms with Gasteiger partial charge in [0.1, 0.15) is 11.6 Å². The molecule has 1 aromatic carbocycles. The molecule has 0 bridgehead atoms. The minimum atomic E-state index is -0.613. The Balaban J connectivity index is 2.02. The highest BCUT2D eigenvalue weighted by atomic mass is 16.7. The van der Waals surface area contributed by atoms with Gasteiger partial charge in [0.15, 0.2) is 11.5 Å². The van der Waals surface area contributed by atoms with Crippen LogP contribution in [0.15, 0.2) is 29.8 Å². The molecule has 0 N–H and O–H groups in total. The number of esters is 1. The molecular formula is C19H18N2O4. The molecule has 0 radical (unpaired) electrons. The van der Waals surface area contributed by atoms with Crippen LogP contribution in [-0.2, 0) is 9.53 Å². The average molecular weight is 338 g/mol. The molecule has 2 aromatic rings. The van der Waals surface area contributed by atoms with Crippen LogP contribution in [0.25, 0.3) is 11.8 Å². The van der Waals surface area contributed by atoms with E-state index >= 15 is 0 Å². The van der Waals surface area contributed by atoms with E-state index in [1.807, 2.05) is 48.7 Å². The van der Waals surface area contributed by atoms with Crippen molar-refractivity contribution in [2.24, 2.45) is 0 Å². The normalized spacial score (nSPS) is 12.8. The smallest absolute Gasteiger partial charge is 0.348 e. The van der Waals surface area contributed by atoms with Gasteiger partial charge in [-0.05, 0) is 50.6 Å². The predicted molar refractivity (Wildman–Crippen MR) is 91.6 cm³/mol. The Bertz CT molecular complexity index is 903. The number of carbonyl (C=O) groups is 1. The minimum Gasteiger partial charge on any atom is -0.462 e. The first-order valence-corrected chi connectivity index (χ1v) is 7.93. The van der Waals surface area contributed by atoms with Gasteiger partial charge in [-0.2, -0.15) is 5.26 Å². The van der Waals surface area contributed by atoms with Gasteiger partial charge < -0.3 is 18.8 Å². The van der Waals surface area contributed by atoms with Gasteiger partial charge in [0, 0.05) is 23.1 Å². The number of nitriles is 1. The molecule has 6 nitrogen and oxygen atoms in total. The van der Waals surface area contributed by atoms with Crippen molar-refractivity contribution in [1.29, 1.82) is 5.26 Å². The molecule has 0 spiro atoms. The Labute approximate surface area is 145 Å². The van der Waals surface area contributed by atoms with Crippen LogP contribution in [0.2, 0.25) is 0 Å². The van der Waals surface area contributed by atoms with Crippen molar-refractivity contribution in [3.8, 4) is 23.3 Å². The van der Waals surface area contributed by atoms with E-state index in [1.54, 1.807) is 13.0 Å². The molecule has 6 heteroatoms. The van der Waals surface area contributed by atoms with Crippen LogP contribution in [0, 0.1) is 25.2 Å². The van der Waals surface area contributed by atoms with E-state index in [-0.39, 0.29) is 19.0 Å². The fraction of sp³-hybridized carbons (Fsp3) is 0.263. The highest BCUT2D eigenvalue weighted by Gasteiger charge is 2.17. The van der Waals surface area contributed by atoms with Crippen LogP contribution in [0.5, 0.6) is 11.5 Å². The Kier molecular flexibility index (Phi) is 4.48. The lowest BCUT2D eigenvalue weighted by Crippen LogP contribution is -2.06. The van der Waals surface area contributed by atoms with E-state index in [1.165, 1.54) is 0 Å². The fourth-order valence-electron chi connectivity index (χ4n) is 2.86. The van der Waals surface area contributed by atoms with Gasteiger partial charge in [-0.25, -0.2) is 4.79 Å². The largest absolute Gasteiger partial charge is 0.462 e. The topological polar surface area (TPSA) is 73.5 Å². The number of hydrogen-bond donors (Lipinski definition) is 0. The molecule has 1 aromatic heterocycles. The zero-order chi connectivity index (χ0) is 18.0. The first-order chi connectivity index (χ1) is 12.0. The Morgan fingerprint density at radius 1 is 1.32 bits per heavy atom. The molecule has 128 valence electrons. The molecule has 0 amide bonds. The third kappa shape index (κ3) is 3.09. The van der Waals surface area contributed by atoms with Crippen LogP contribution in [-0.4, -0.2) is 23.9 Å². The van der Waals surface area contributed by atoms with Crippen molar-refractivity contribution in [3.63, 3.8) is 0 Å². The average Bonchev–Trinajstić information content (AvgIpc) is 3.16. The van der Waals surface area contributed by atoms with E-state index in [4.69, 9.17) is 14.2 Å². The number of benzene rings is 1. The summed E-state index contributed by atoms with van der Waals surface area (Å²) in [6.07, 6.45) is 1.56. The maximum atomic E-state index is 11.8. The van der Waals surface area contributed by atoms with Crippen molar-refractivity contribution in [2.75, 3.05) is 13.4 Å². The molecule has 0 aliphatic carbocycles. The highest BCUT2D eigenvalue weighted by Crippen LogP contribution is 2.35. The van der Waals surface area contributed by atoms with Crippen molar-refractivity contribution in [2.45, 2.75) is 20.8 Å². The van der Waals surface area contributed by atoms with Gasteiger partial charge in [-0.1, -0.05) is 0 Å². The molecule has 25 heavy (non-hydrogen) atoms. The van der Waals surface area contributed by atoms with Gasteiger partial charge in [-0.3, -0.25) is 0 Å². The summed E-state index contributed by atoms with van der Waals surface area (Å²) in [6.45, 7) is 6.06. The minimum absolute atomic E-state index is 0.0206. The summed E-state index contributed by atoms with van der Waals surface area (Å²) in [5.74, 6) is 0.810. The second kappa shape index (κ2) is 6.73. The van der Waals surface area contributed by atoms with Gasteiger partial charge in [0.2, 0.25) is 6.79 Å². The molecule has 0 unspecified atom stereocenters. The van der Waals surface area contributed by atoms with E-state index in [9.17, 15) is 10.1 Å². The summed E-state index contributed by atoms with van der Waals surface area (Å²) in [5, 5.41) is 9.22. The number of carbonyl (C=O) groups excluding carboxylic acids is 1. The zero-order valence-corrected chi connectivity index (χ0v) is 14.3. The predicted octanol–water partition coefficient (Wildman–Crippen LogP) is 3.29. The van der Waals surface area contributed by atoms with Crippen molar-refractivity contribution in [1.82, 2.24) is 4.57 Å². The van der Waals surface area contributed by atoms with Gasteiger partial charge >= 0.3 is 5.97 Å². The second-order valence-electron chi connectivity index (χ2n) is 5.59. The zero-order valence-electron chi connectivity index (χ0n) is 14.3. The number of aromatic nitrogens is 1. The van der Waals surface area contributed by atoms with Crippen LogP contribution in [0.4, 0.5) is 0 Å². The first kappa shape index (κ1) is 16.7. The molecule has 3 rings (SSSR count). The van der Waals surface area contributed by atoms with E-state index in [0.29, 0.717) is 5.75 Å². The first-order valence-electron chi connectivity index (χ1n) is 7.93. The molecule has 0 fully saturated rings. The monoisotopic (exact) mass is 338 g/mol. The number of hydrogen-bond acceptors (Lipinski definition) is 5. The van der Waals surface area contributed by atoms with Gasteiger partial charge in [0.05, 0.1) is 6.61 Å². The third-order valence-corrected chi connectivity index (χ3v) is 4.00. The van der Waals surface area contributed by atoms with Crippen LogP contribution >= 0.6 is 0 Å². The van der Waals surface area contributed by atoms with E-state index in [0.717, 1.165) is 28.4 Å². The number of aryl methyl sites for hydroxylation is 1. The highest BCUT2D eigenvalue weighted by molar-refractivity contribution is 5.98. The maximum absolute atomic E-state index is 11.8. The lowest BCUT2D eigenvalue weighted by molar-refractivity contribution is -0.137. The molecule has 2 heterocycles. The van der Waals surface area contributed by atoms with Gasteiger partial charge in [-0.15, -0.1) is 0 Å². The summed E-state index contributed by atoms with van der Waals surface area (Å²) >= 11 is 0. The lowest BCUT2D eigenvalue weighted by Gasteiger charge is -2.10. The number of ether oxygens (including phenoxy) is 3. The Morgan fingerprint density at radius 3 is 2.80 bits per heavy atom. The second-order valence-corrected chi connectivity index (χ2v) is 5.59. The standard InChI is InChI=1S/C19H18N2O4/c1-4-23-19(22)15(10-20)8-14-7-12(2)21(13(14)3)16-5-6-17-18(9-16)25-11-24-17/h5-9H,4,11H2,1-3H3/b15-8+.